The number of esters is 2. The average molecular weight is 1010 g/mol. The molecule has 2 aliphatic rings. The number of hydrogen-bond acceptors (Lipinski definition) is 17. The van der Waals surface area contributed by atoms with Crippen LogP contribution in [0.5, 0.6) is 0 Å². The van der Waals surface area contributed by atoms with Crippen molar-refractivity contribution < 1.29 is 87.9 Å². The number of allylic oxidation sites excluding steroid dienone is 3. The number of aliphatic hydroxyl groups excluding tert-OH is 8. The maximum absolute atomic E-state index is 13.4. The molecule has 0 aromatic carbocycles. The van der Waals surface area contributed by atoms with Gasteiger partial charge in [-0.1, -0.05) is 180 Å². The van der Waals surface area contributed by atoms with E-state index in [0.717, 1.165) is 51.0 Å². The number of aliphatic hydroxyl groups is 8. The zero-order valence-corrected chi connectivity index (χ0v) is 42.5. The molecule has 0 bridgehead atoms. The van der Waals surface area contributed by atoms with Gasteiger partial charge in [0.25, 0.3) is 0 Å². The lowest BCUT2D eigenvalue weighted by atomic mass is 9.84. The average Bonchev–Trinajstić information content (AvgIpc) is 3.33. The van der Waals surface area contributed by atoms with Crippen LogP contribution < -0.4 is 0 Å². The van der Waals surface area contributed by atoms with E-state index in [0.29, 0.717) is 6.42 Å². The quantitative estimate of drug-likeness (QED) is 0.0107. The Hall–Kier alpha value is -1.87. The molecule has 9 N–H and O–H groups in total. The summed E-state index contributed by atoms with van der Waals surface area (Å²) in [5, 5.41) is 82.9. The summed E-state index contributed by atoms with van der Waals surface area (Å²) in [7, 11) is -5.40. The van der Waals surface area contributed by atoms with Gasteiger partial charge in [-0.3, -0.25) is 13.8 Å². The van der Waals surface area contributed by atoms with Crippen LogP contribution in [0.2, 0.25) is 0 Å². The number of ether oxygens (including phenoxy) is 4. The summed E-state index contributed by atoms with van der Waals surface area (Å²) in [5.41, 5.74) is 0. The number of carbonyl (C=O) groups is 2. The van der Waals surface area contributed by atoms with Gasteiger partial charge in [-0.25, -0.2) is 9.36 Å². The predicted molar refractivity (Wildman–Crippen MR) is 258 cm³/mol. The molecule has 19 heteroatoms. The molecule has 1 saturated heterocycles. The van der Waals surface area contributed by atoms with E-state index in [1.165, 1.54) is 122 Å². The second kappa shape index (κ2) is 37.8. The summed E-state index contributed by atoms with van der Waals surface area (Å²) < 4.78 is 45.3. The van der Waals surface area contributed by atoms with Crippen molar-refractivity contribution in [1.29, 1.82) is 0 Å². The molecule has 0 aromatic rings. The van der Waals surface area contributed by atoms with Crippen LogP contribution in [0.1, 0.15) is 187 Å². The lowest BCUT2D eigenvalue weighted by molar-refractivity contribution is -0.338. The molecule has 1 aliphatic carbocycles. The topological polar surface area (TPSA) is 289 Å². The first-order valence-corrected chi connectivity index (χ1v) is 27.7. The first kappa shape index (κ1) is 63.2. The van der Waals surface area contributed by atoms with E-state index in [2.05, 4.69) is 13.8 Å². The van der Waals surface area contributed by atoms with Crippen molar-refractivity contribution in [2.75, 3.05) is 19.8 Å². The minimum absolute atomic E-state index is 0.0941. The van der Waals surface area contributed by atoms with E-state index in [1.54, 1.807) is 6.08 Å². The van der Waals surface area contributed by atoms with Crippen LogP contribution in [0.15, 0.2) is 24.3 Å². The molecule has 18 nitrogen and oxygen atoms in total. The summed E-state index contributed by atoms with van der Waals surface area (Å²) in [6.07, 6.45) is 13.2. The SMILES string of the molecule is CCCCCCCCCCCCCC=CC=CC(=O)OC(COC(=O)CCCCCCCCCCCCCCCC)COP(=O)(O)OC1C(O)C(O)C(O)C(O)C1OC1OC(CO)C(O)C(O)C1O. The van der Waals surface area contributed by atoms with Crippen molar-refractivity contribution in [1.82, 2.24) is 0 Å². The lowest BCUT2D eigenvalue weighted by Gasteiger charge is -2.47. The molecule has 13 atom stereocenters. The number of phosphoric acid groups is 1. The van der Waals surface area contributed by atoms with Crippen molar-refractivity contribution in [3.8, 4) is 0 Å². The van der Waals surface area contributed by atoms with Gasteiger partial charge < -0.3 is 64.7 Å². The molecule has 404 valence electrons. The third-order valence-corrected chi connectivity index (χ3v) is 13.8. The highest BCUT2D eigenvalue weighted by molar-refractivity contribution is 7.47. The number of unbranched alkanes of at least 4 members (excludes halogenated alkanes) is 24. The Kier molecular flexibility index (Phi) is 34.7. The summed E-state index contributed by atoms with van der Waals surface area (Å²) in [4.78, 5) is 36.4. The van der Waals surface area contributed by atoms with Gasteiger partial charge in [-0.05, 0) is 19.3 Å². The number of phosphoric ester groups is 1. The summed E-state index contributed by atoms with van der Waals surface area (Å²) in [5.74, 6) is -1.46. The number of rotatable bonds is 40. The van der Waals surface area contributed by atoms with Gasteiger partial charge in [-0.15, -0.1) is 0 Å². The maximum atomic E-state index is 13.4. The van der Waals surface area contributed by atoms with Gasteiger partial charge in [0.1, 0.15) is 67.6 Å². The molecular weight excluding hydrogens is 920 g/mol. The predicted octanol–water partition coefficient (Wildman–Crippen LogP) is 6.27. The van der Waals surface area contributed by atoms with E-state index in [4.69, 9.17) is 28.0 Å². The van der Waals surface area contributed by atoms with E-state index >= 15 is 0 Å². The normalized spacial score (nSPS) is 27.7. The van der Waals surface area contributed by atoms with Crippen molar-refractivity contribution in [3.63, 3.8) is 0 Å². The third-order valence-electron chi connectivity index (χ3n) is 12.8. The van der Waals surface area contributed by atoms with Gasteiger partial charge in [-0.2, -0.15) is 0 Å². The zero-order chi connectivity index (χ0) is 50.9. The smallest absolute Gasteiger partial charge is 0.462 e. The molecule has 0 amide bonds. The van der Waals surface area contributed by atoms with Crippen LogP contribution in [0.4, 0.5) is 0 Å². The molecule has 0 radical (unpaired) electrons. The summed E-state index contributed by atoms with van der Waals surface area (Å²) in [6, 6.07) is 0. The third kappa shape index (κ3) is 26.6. The number of carbonyl (C=O) groups excluding carboxylic acids is 2. The largest absolute Gasteiger partial charge is 0.472 e. The zero-order valence-electron chi connectivity index (χ0n) is 41.6. The highest BCUT2D eigenvalue weighted by Crippen LogP contribution is 2.48. The van der Waals surface area contributed by atoms with Gasteiger partial charge in [0.15, 0.2) is 12.4 Å². The second-order valence-corrected chi connectivity index (χ2v) is 20.2. The molecule has 2 rings (SSSR count). The van der Waals surface area contributed by atoms with Gasteiger partial charge >= 0.3 is 19.8 Å². The fourth-order valence-corrected chi connectivity index (χ4v) is 9.40. The molecule has 0 aromatic heterocycles. The van der Waals surface area contributed by atoms with Crippen LogP contribution >= 0.6 is 7.82 Å². The Bertz CT molecular complexity index is 1430. The minimum atomic E-state index is -5.40. The van der Waals surface area contributed by atoms with Crippen LogP contribution in [0, 0.1) is 0 Å². The van der Waals surface area contributed by atoms with E-state index < -0.39 is 113 Å². The van der Waals surface area contributed by atoms with Crippen LogP contribution in [0.25, 0.3) is 0 Å². The Morgan fingerprint density at radius 2 is 1.04 bits per heavy atom. The Balaban J connectivity index is 1.97. The summed E-state index contributed by atoms with van der Waals surface area (Å²) >= 11 is 0. The molecule has 2 fully saturated rings. The molecule has 0 spiro atoms. The van der Waals surface area contributed by atoms with Gasteiger partial charge in [0.05, 0.1) is 13.2 Å². The van der Waals surface area contributed by atoms with E-state index in [9.17, 15) is 59.9 Å². The van der Waals surface area contributed by atoms with Crippen molar-refractivity contribution in [2.24, 2.45) is 0 Å². The van der Waals surface area contributed by atoms with Crippen molar-refractivity contribution >= 4 is 19.8 Å². The molecule has 1 aliphatic heterocycles. The Morgan fingerprint density at radius 3 is 1.55 bits per heavy atom. The lowest BCUT2D eigenvalue weighted by Crippen LogP contribution is -2.67. The van der Waals surface area contributed by atoms with Crippen molar-refractivity contribution in [3.05, 3.63) is 24.3 Å². The monoisotopic (exact) mass is 1010 g/mol. The Labute approximate surface area is 411 Å². The first-order valence-electron chi connectivity index (χ1n) is 26.2. The Morgan fingerprint density at radius 1 is 0.580 bits per heavy atom. The van der Waals surface area contributed by atoms with Gasteiger partial charge in [0, 0.05) is 12.5 Å². The second-order valence-electron chi connectivity index (χ2n) is 18.8. The fourth-order valence-electron chi connectivity index (χ4n) is 8.43. The van der Waals surface area contributed by atoms with E-state index in [1.807, 2.05) is 6.08 Å². The van der Waals surface area contributed by atoms with E-state index in [-0.39, 0.29) is 6.42 Å². The first-order chi connectivity index (χ1) is 33.2. The van der Waals surface area contributed by atoms with Crippen molar-refractivity contribution in [2.45, 2.75) is 261 Å². The van der Waals surface area contributed by atoms with Gasteiger partial charge in [0.2, 0.25) is 0 Å². The van der Waals surface area contributed by atoms with Crippen LogP contribution in [-0.2, 0) is 42.1 Å². The highest BCUT2D eigenvalue weighted by atomic mass is 31.2. The molecule has 1 saturated carbocycles. The molecule has 69 heavy (non-hydrogen) atoms. The fraction of sp³-hybridized carbons (Fsp3) is 0.880. The molecule has 13 unspecified atom stereocenters. The number of hydrogen-bond donors (Lipinski definition) is 9. The standard InChI is InChI=1S/C50H91O18P/c1-3-5-7-9-11-13-15-17-19-21-23-25-27-29-31-33-40(53)65-37(35-63-39(52)32-30-28-26-24-22-20-18-16-14-12-10-8-6-4-2)36-64-69(61,62)68-49-46(59)44(57)43(56)45(58)48(49)67-50-47(60)42(55)41(54)38(34-51)66-50/h27,29,31,33,37-38,41-51,54-60H,3-26,28,30,32,34-36H2,1-2H3,(H,61,62). The molecule has 1 heterocycles. The van der Waals surface area contributed by atoms with Crippen LogP contribution in [0.3, 0.4) is 0 Å². The highest BCUT2D eigenvalue weighted by Gasteiger charge is 2.55. The maximum Gasteiger partial charge on any atom is 0.472 e. The summed E-state index contributed by atoms with van der Waals surface area (Å²) in [6.45, 7) is 2.14. The molecular formula is C50H91O18P. The minimum Gasteiger partial charge on any atom is -0.462 e. The van der Waals surface area contributed by atoms with Crippen LogP contribution in [-0.4, -0.2) is 151 Å².